The Hall–Kier alpha value is -2.38. The van der Waals surface area contributed by atoms with Crippen molar-refractivity contribution >= 4 is 22.8 Å². The molecule has 1 atom stereocenters. The number of carbonyl (C=O) groups is 2. The van der Waals surface area contributed by atoms with Crippen LogP contribution < -0.4 is 11.5 Å². The smallest absolute Gasteiger partial charge is 0.330 e. The molecule has 0 radical (unpaired) electrons. The van der Waals surface area contributed by atoms with Crippen LogP contribution in [0.1, 0.15) is 18.4 Å². The van der Waals surface area contributed by atoms with Crippen LogP contribution in [-0.4, -0.2) is 34.6 Å². The maximum Gasteiger partial charge on any atom is 0.330 e. The molecule has 0 spiro atoms. The lowest BCUT2D eigenvalue weighted by Crippen LogP contribution is -2.35. The molecule has 0 fully saturated rings. The number of phenols is 1. The van der Waals surface area contributed by atoms with Crippen LogP contribution in [0.3, 0.4) is 0 Å². The van der Waals surface area contributed by atoms with Gasteiger partial charge < -0.3 is 26.3 Å². The number of nitrogens with two attached hydrogens (primary N) is 2. The Morgan fingerprint density at radius 3 is 2.86 bits per heavy atom. The highest BCUT2D eigenvalue weighted by molar-refractivity contribution is 5.89. The Balaban J connectivity index is 2.01. The molecule has 7 nitrogen and oxygen atoms in total. The van der Waals surface area contributed by atoms with Crippen molar-refractivity contribution < 1.29 is 19.4 Å². The van der Waals surface area contributed by atoms with E-state index in [1.165, 1.54) is 0 Å². The summed E-state index contributed by atoms with van der Waals surface area (Å²) in [7, 11) is 0. The standard InChI is InChI=1S/C15H19N3O4/c16-5-1-2-14(20)22-15(21)12(17)6-9-8-18-13-4-3-10(19)7-11(9)13/h3-4,7-8,12,18-19H,1-2,5-6,16-17H2/t12-/m0/s1. The average Bonchev–Trinajstić information content (AvgIpc) is 2.87. The van der Waals surface area contributed by atoms with Crippen molar-refractivity contribution in [3.8, 4) is 5.75 Å². The summed E-state index contributed by atoms with van der Waals surface area (Å²) in [6.45, 7) is 0.355. The van der Waals surface area contributed by atoms with Crippen molar-refractivity contribution in [1.29, 1.82) is 0 Å². The number of esters is 2. The third-order valence-electron chi connectivity index (χ3n) is 3.29. The Morgan fingerprint density at radius 1 is 1.36 bits per heavy atom. The summed E-state index contributed by atoms with van der Waals surface area (Å²) in [6, 6.07) is 3.93. The molecule has 1 aromatic carbocycles. The van der Waals surface area contributed by atoms with Crippen LogP contribution in [0.4, 0.5) is 0 Å². The normalized spacial score (nSPS) is 12.3. The summed E-state index contributed by atoms with van der Waals surface area (Å²) in [4.78, 5) is 26.2. The van der Waals surface area contributed by atoms with Gasteiger partial charge in [-0.3, -0.25) is 4.79 Å². The third-order valence-corrected chi connectivity index (χ3v) is 3.29. The molecule has 1 aromatic heterocycles. The largest absolute Gasteiger partial charge is 0.508 e. The summed E-state index contributed by atoms with van der Waals surface area (Å²) in [5.41, 5.74) is 12.7. The number of aromatic nitrogens is 1. The lowest BCUT2D eigenvalue weighted by atomic mass is 10.1. The van der Waals surface area contributed by atoms with Gasteiger partial charge in [-0.1, -0.05) is 0 Å². The first-order chi connectivity index (χ1) is 10.5. The van der Waals surface area contributed by atoms with Gasteiger partial charge in [0, 0.05) is 29.9 Å². The van der Waals surface area contributed by atoms with Gasteiger partial charge in [-0.15, -0.1) is 0 Å². The van der Waals surface area contributed by atoms with Gasteiger partial charge in [-0.2, -0.15) is 0 Å². The molecule has 1 heterocycles. The molecule has 0 aliphatic rings. The Kier molecular flexibility index (Phi) is 5.13. The molecule has 0 aliphatic carbocycles. The Bertz CT molecular complexity index is 680. The van der Waals surface area contributed by atoms with Crippen molar-refractivity contribution in [1.82, 2.24) is 4.98 Å². The maximum absolute atomic E-state index is 11.8. The van der Waals surface area contributed by atoms with E-state index in [9.17, 15) is 14.7 Å². The summed E-state index contributed by atoms with van der Waals surface area (Å²) in [5, 5.41) is 10.3. The molecule has 2 rings (SSSR count). The van der Waals surface area contributed by atoms with E-state index in [1.807, 2.05) is 0 Å². The summed E-state index contributed by atoms with van der Waals surface area (Å²) < 4.78 is 4.68. The van der Waals surface area contributed by atoms with E-state index in [4.69, 9.17) is 11.5 Å². The number of aromatic amines is 1. The molecule has 0 aliphatic heterocycles. The average molecular weight is 305 g/mol. The zero-order chi connectivity index (χ0) is 16.1. The first-order valence-electron chi connectivity index (χ1n) is 7.00. The van der Waals surface area contributed by atoms with Crippen LogP contribution in [0.2, 0.25) is 0 Å². The van der Waals surface area contributed by atoms with Crippen molar-refractivity contribution in [2.75, 3.05) is 6.54 Å². The van der Waals surface area contributed by atoms with Crippen molar-refractivity contribution in [2.45, 2.75) is 25.3 Å². The lowest BCUT2D eigenvalue weighted by Gasteiger charge is -2.10. The molecule has 22 heavy (non-hydrogen) atoms. The number of hydrogen-bond acceptors (Lipinski definition) is 6. The minimum Gasteiger partial charge on any atom is -0.508 e. The zero-order valence-corrected chi connectivity index (χ0v) is 12.0. The number of H-pyrrole nitrogens is 1. The minimum atomic E-state index is -0.955. The second-order valence-electron chi connectivity index (χ2n) is 5.04. The summed E-state index contributed by atoms with van der Waals surface area (Å²) in [5.74, 6) is -1.26. The molecule has 7 heteroatoms. The van der Waals surface area contributed by atoms with Gasteiger partial charge in [-0.05, 0) is 36.7 Å². The topological polar surface area (TPSA) is 131 Å². The van der Waals surface area contributed by atoms with Gasteiger partial charge in [0.05, 0.1) is 0 Å². The number of phenolic OH excluding ortho intramolecular Hbond substituents is 1. The van der Waals surface area contributed by atoms with E-state index in [0.29, 0.717) is 13.0 Å². The van der Waals surface area contributed by atoms with Gasteiger partial charge in [0.25, 0.3) is 0 Å². The molecular formula is C15H19N3O4. The predicted octanol–water partition coefficient (Wildman–Crippen LogP) is 0.552. The molecule has 6 N–H and O–H groups in total. The van der Waals surface area contributed by atoms with Gasteiger partial charge in [0.15, 0.2) is 0 Å². The SMILES string of the molecule is NCCCC(=O)OC(=O)[C@@H](N)Cc1c[nH]c2ccc(O)cc12. The monoisotopic (exact) mass is 305 g/mol. The van der Waals surface area contributed by atoms with Gasteiger partial charge in [-0.25, -0.2) is 4.79 Å². The minimum absolute atomic E-state index is 0.0932. The number of ether oxygens (including phenoxy) is 1. The first kappa shape index (κ1) is 16.0. The maximum atomic E-state index is 11.8. The number of carbonyl (C=O) groups excluding carboxylic acids is 2. The van der Waals surface area contributed by atoms with E-state index in [1.54, 1.807) is 24.4 Å². The molecule has 0 amide bonds. The fourth-order valence-corrected chi connectivity index (χ4v) is 2.14. The fraction of sp³-hybridized carbons (Fsp3) is 0.333. The molecule has 2 aromatic rings. The van der Waals surface area contributed by atoms with Gasteiger partial charge >= 0.3 is 11.9 Å². The molecule has 0 saturated heterocycles. The summed E-state index contributed by atoms with van der Waals surface area (Å²) >= 11 is 0. The van der Waals surface area contributed by atoms with Crippen LogP contribution in [0.15, 0.2) is 24.4 Å². The van der Waals surface area contributed by atoms with Crippen molar-refractivity contribution in [2.24, 2.45) is 11.5 Å². The Morgan fingerprint density at radius 2 is 2.14 bits per heavy atom. The van der Waals surface area contributed by atoms with E-state index in [0.717, 1.165) is 16.5 Å². The van der Waals surface area contributed by atoms with E-state index < -0.39 is 18.0 Å². The van der Waals surface area contributed by atoms with Crippen LogP contribution in [0.5, 0.6) is 5.75 Å². The molecule has 0 bridgehead atoms. The Labute approximate surface area is 127 Å². The fourth-order valence-electron chi connectivity index (χ4n) is 2.14. The molecule has 118 valence electrons. The van der Waals surface area contributed by atoms with Crippen LogP contribution in [-0.2, 0) is 20.7 Å². The van der Waals surface area contributed by atoms with Gasteiger partial charge in [0.1, 0.15) is 11.8 Å². The zero-order valence-electron chi connectivity index (χ0n) is 12.0. The van der Waals surface area contributed by atoms with Crippen LogP contribution in [0, 0.1) is 0 Å². The van der Waals surface area contributed by atoms with Crippen LogP contribution >= 0.6 is 0 Å². The lowest BCUT2D eigenvalue weighted by molar-refractivity contribution is -0.160. The highest BCUT2D eigenvalue weighted by Gasteiger charge is 2.20. The highest BCUT2D eigenvalue weighted by atomic mass is 16.6. The number of benzene rings is 1. The number of aromatic hydroxyl groups is 1. The molecule has 0 unspecified atom stereocenters. The van der Waals surface area contributed by atoms with Gasteiger partial charge in [0.2, 0.25) is 0 Å². The van der Waals surface area contributed by atoms with Crippen molar-refractivity contribution in [3.63, 3.8) is 0 Å². The van der Waals surface area contributed by atoms with E-state index in [2.05, 4.69) is 9.72 Å². The number of hydrogen-bond donors (Lipinski definition) is 4. The predicted molar refractivity (Wildman–Crippen MR) is 81.0 cm³/mol. The second kappa shape index (κ2) is 7.06. The second-order valence-corrected chi connectivity index (χ2v) is 5.04. The number of nitrogens with one attached hydrogen (secondary N) is 1. The third kappa shape index (κ3) is 3.84. The number of fused-ring (bicyclic) bond motifs is 1. The van der Waals surface area contributed by atoms with Crippen LogP contribution in [0.25, 0.3) is 10.9 Å². The van der Waals surface area contributed by atoms with Crippen molar-refractivity contribution in [3.05, 3.63) is 30.0 Å². The highest BCUT2D eigenvalue weighted by Crippen LogP contribution is 2.23. The van der Waals surface area contributed by atoms with E-state index >= 15 is 0 Å². The quantitative estimate of drug-likeness (QED) is 0.455. The van der Waals surface area contributed by atoms with E-state index in [-0.39, 0.29) is 18.6 Å². The number of rotatable bonds is 6. The first-order valence-corrected chi connectivity index (χ1v) is 7.00. The summed E-state index contributed by atoms with van der Waals surface area (Å²) in [6.07, 6.45) is 2.47. The molecule has 0 saturated carbocycles. The molecular weight excluding hydrogens is 286 g/mol.